The molecule has 3 aliphatic rings. The summed E-state index contributed by atoms with van der Waals surface area (Å²) in [7, 11) is 2.02. The Morgan fingerprint density at radius 3 is 2.65 bits per heavy atom. The van der Waals surface area contributed by atoms with Crippen molar-refractivity contribution in [2.24, 2.45) is 5.92 Å². The molecule has 2 saturated heterocycles. The third-order valence-corrected chi connectivity index (χ3v) is 5.42. The average molecular weight is 279 g/mol. The largest absolute Gasteiger partial charge is 0.341 e. The van der Waals surface area contributed by atoms with Gasteiger partial charge in [0.05, 0.1) is 0 Å². The van der Waals surface area contributed by atoms with Crippen LogP contribution in [0.15, 0.2) is 0 Å². The number of nitrogens with one attached hydrogen (secondary N) is 1. The lowest BCUT2D eigenvalue weighted by molar-refractivity contribution is -0.132. The Labute approximate surface area is 122 Å². The zero-order valence-electron chi connectivity index (χ0n) is 12.8. The molecule has 3 rings (SSSR count). The van der Waals surface area contributed by atoms with Gasteiger partial charge in [0.25, 0.3) is 0 Å². The van der Waals surface area contributed by atoms with Crippen molar-refractivity contribution in [3.8, 4) is 0 Å². The molecule has 1 unspecified atom stereocenters. The highest BCUT2D eigenvalue weighted by Gasteiger charge is 2.36. The summed E-state index contributed by atoms with van der Waals surface area (Å²) >= 11 is 0. The van der Waals surface area contributed by atoms with Gasteiger partial charge in [-0.3, -0.25) is 9.69 Å². The van der Waals surface area contributed by atoms with E-state index < -0.39 is 0 Å². The van der Waals surface area contributed by atoms with Crippen molar-refractivity contribution < 1.29 is 4.79 Å². The van der Waals surface area contributed by atoms with Crippen LogP contribution < -0.4 is 5.32 Å². The van der Waals surface area contributed by atoms with E-state index in [1.54, 1.807) is 0 Å². The van der Waals surface area contributed by atoms with Gasteiger partial charge in [-0.05, 0) is 57.5 Å². The summed E-state index contributed by atoms with van der Waals surface area (Å²) in [4.78, 5) is 17.0. The number of amides is 1. The van der Waals surface area contributed by atoms with Gasteiger partial charge in [0.1, 0.15) is 0 Å². The molecule has 4 heteroatoms. The van der Waals surface area contributed by atoms with E-state index in [0.29, 0.717) is 11.9 Å². The highest BCUT2D eigenvalue weighted by molar-refractivity contribution is 5.76. The van der Waals surface area contributed by atoms with Crippen molar-refractivity contribution in [3.05, 3.63) is 0 Å². The lowest BCUT2D eigenvalue weighted by Gasteiger charge is -2.27. The van der Waals surface area contributed by atoms with E-state index >= 15 is 0 Å². The molecule has 20 heavy (non-hydrogen) atoms. The van der Waals surface area contributed by atoms with E-state index in [1.165, 1.54) is 38.6 Å². The lowest BCUT2D eigenvalue weighted by Crippen LogP contribution is -2.39. The SMILES string of the molecule is CN(C(=O)CCC1CCNCC1)C1CCN(C2CC2)C1. The first-order chi connectivity index (χ1) is 9.74. The number of carbonyl (C=O) groups excluding carboxylic acids is 1. The van der Waals surface area contributed by atoms with Crippen LogP contribution in [0.4, 0.5) is 0 Å². The van der Waals surface area contributed by atoms with Crippen LogP contribution in [0.1, 0.15) is 44.9 Å². The van der Waals surface area contributed by atoms with Gasteiger partial charge in [0.2, 0.25) is 5.91 Å². The van der Waals surface area contributed by atoms with E-state index in [-0.39, 0.29) is 0 Å². The number of carbonyl (C=O) groups is 1. The van der Waals surface area contributed by atoms with Crippen LogP contribution in [0, 0.1) is 5.92 Å². The summed E-state index contributed by atoms with van der Waals surface area (Å²) < 4.78 is 0. The fourth-order valence-electron chi connectivity index (χ4n) is 3.73. The number of nitrogens with zero attached hydrogens (tertiary/aromatic N) is 2. The van der Waals surface area contributed by atoms with Gasteiger partial charge in [0.15, 0.2) is 0 Å². The highest BCUT2D eigenvalue weighted by Crippen LogP contribution is 2.31. The monoisotopic (exact) mass is 279 g/mol. The van der Waals surface area contributed by atoms with Crippen LogP contribution in [0.25, 0.3) is 0 Å². The Hall–Kier alpha value is -0.610. The Morgan fingerprint density at radius 2 is 1.95 bits per heavy atom. The van der Waals surface area contributed by atoms with Crippen LogP contribution in [-0.4, -0.2) is 61.0 Å². The van der Waals surface area contributed by atoms with Crippen LogP contribution in [0.5, 0.6) is 0 Å². The molecule has 1 atom stereocenters. The zero-order valence-corrected chi connectivity index (χ0v) is 12.8. The molecule has 0 bridgehead atoms. The lowest BCUT2D eigenvalue weighted by atomic mass is 9.93. The van der Waals surface area contributed by atoms with Crippen molar-refractivity contribution in [3.63, 3.8) is 0 Å². The first kappa shape index (κ1) is 14.3. The molecule has 0 radical (unpaired) electrons. The van der Waals surface area contributed by atoms with E-state index in [9.17, 15) is 4.79 Å². The van der Waals surface area contributed by atoms with Gasteiger partial charge in [-0.2, -0.15) is 0 Å². The van der Waals surface area contributed by atoms with Gasteiger partial charge >= 0.3 is 0 Å². The number of hydrogen-bond donors (Lipinski definition) is 1. The van der Waals surface area contributed by atoms with Gasteiger partial charge in [0, 0.05) is 38.6 Å². The number of rotatable bonds is 5. The Balaban J connectivity index is 1.39. The first-order valence-corrected chi connectivity index (χ1v) is 8.44. The van der Waals surface area contributed by atoms with Gasteiger partial charge < -0.3 is 10.2 Å². The molecule has 0 aromatic heterocycles. The molecular weight excluding hydrogens is 250 g/mol. The van der Waals surface area contributed by atoms with Gasteiger partial charge in [-0.25, -0.2) is 0 Å². The molecule has 3 fully saturated rings. The predicted octanol–water partition coefficient (Wildman–Crippen LogP) is 1.46. The molecule has 0 aromatic carbocycles. The van der Waals surface area contributed by atoms with E-state index in [4.69, 9.17) is 0 Å². The minimum Gasteiger partial charge on any atom is -0.341 e. The van der Waals surface area contributed by atoms with Crippen LogP contribution in [0.3, 0.4) is 0 Å². The Morgan fingerprint density at radius 1 is 1.20 bits per heavy atom. The maximum atomic E-state index is 12.4. The fraction of sp³-hybridized carbons (Fsp3) is 0.938. The van der Waals surface area contributed by atoms with E-state index in [2.05, 4.69) is 10.2 Å². The zero-order chi connectivity index (χ0) is 13.9. The number of likely N-dealkylation sites (tertiary alicyclic amines) is 1. The standard InChI is InChI=1S/C16H29N3O/c1-18(15-8-11-19(12-15)14-3-4-14)16(20)5-2-13-6-9-17-10-7-13/h13-15,17H,2-12H2,1H3. The number of likely N-dealkylation sites (N-methyl/N-ethyl adjacent to an activating group) is 1. The molecule has 1 amide bonds. The summed E-state index contributed by atoms with van der Waals surface area (Å²) in [6.45, 7) is 4.57. The van der Waals surface area contributed by atoms with Crippen molar-refractivity contribution in [2.75, 3.05) is 33.2 Å². The molecule has 0 spiro atoms. The summed E-state index contributed by atoms with van der Waals surface area (Å²) in [5, 5.41) is 3.39. The topological polar surface area (TPSA) is 35.6 Å². The molecule has 0 aromatic rings. The molecule has 1 aliphatic carbocycles. The smallest absolute Gasteiger partial charge is 0.222 e. The molecule has 1 N–H and O–H groups in total. The maximum absolute atomic E-state index is 12.4. The summed E-state index contributed by atoms with van der Waals surface area (Å²) in [6, 6.07) is 1.31. The van der Waals surface area contributed by atoms with Crippen LogP contribution in [0.2, 0.25) is 0 Å². The minimum atomic E-state index is 0.367. The predicted molar refractivity (Wildman–Crippen MR) is 80.6 cm³/mol. The normalized spacial score (nSPS) is 28.8. The molecule has 1 saturated carbocycles. The molecule has 114 valence electrons. The summed E-state index contributed by atoms with van der Waals surface area (Å²) in [5.41, 5.74) is 0. The van der Waals surface area contributed by atoms with Crippen molar-refractivity contribution in [1.29, 1.82) is 0 Å². The van der Waals surface area contributed by atoms with E-state index in [0.717, 1.165) is 44.4 Å². The molecular formula is C16H29N3O. The van der Waals surface area contributed by atoms with Crippen molar-refractivity contribution in [1.82, 2.24) is 15.1 Å². The minimum absolute atomic E-state index is 0.367. The second-order valence-corrected chi connectivity index (χ2v) is 6.91. The highest BCUT2D eigenvalue weighted by atomic mass is 16.2. The van der Waals surface area contributed by atoms with Crippen molar-refractivity contribution >= 4 is 5.91 Å². The number of piperidine rings is 1. The third kappa shape index (κ3) is 3.53. The quantitative estimate of drug-likeness (QED) is 0.827. The summed E-state index contributed by atoms with van der Waals surface area (Å²) in [5.74, 6) is 1.13. The van der Waals surface area contributed by atoms with Crippen molar-refractivity contribution in [2.45, 2.75) is 57.0 Å². The average Bonchev–Trinajstić information content (AvgIpc) is 3.22. The van der Waals surface area contributed by atoms with Gasteiger partial charge in [-0.15, -0.1) is 0 Å². The summed E-state index contributed by atoms with van der Waals surface area (Å²) in [6.07, 6.45) is 8.25. The maximum Gasteiger partial charge on any atom is 0.222 e. The second kappa shape index (κ2) is 6.44. The van der Waals surface area contributed by atoms with E-state index in [1.807, 2.05) is 11.9 Å². The van der Waals surface area contributed by atoms with Crippen LogP contribution >= 0.6 is 0 Å². The van der Waals surface area contributed by atoms with Crippen LogP contribution in [-0.2, 0) is 4.79 Å². The molecule has 2 heterocycles. The first-order valence-electron chi connectivity index (χ1n) is 8.44. The molecule has 4 nitrogen and oxygen atoms in total. The third-order valence-electron chi connectivity index (χ3n) is 5.42. The number of hydrogen-bond acceptors (Lipinski definition) is 3. The second-order valence-electron chi connectivity index (χ2n) is 6.91. The Bertz CT molecular complexity index is 337. The fourth-order valence-corrected chi connectivity index (χ4v) is 3.73. The Kier molecular flexibility index (Phi) is 4.61. The molecule has 2 aliphatic heterocycles. The van der Waals surface area contributed by atoms with Gasteiger partial charge in [-0.1, -0.05) is 0 Å².